The number of carbonyl (C=O) groups excluding carboxylic acids is 1. The highest BCUT2D eigenvalue weighted by molar-refractivity contribution is 7.22. The lowest BCUT2D eigenvalue weighted by Crippen LogP contribution is -2.48. The molecule has 1 aliphatic heterocycles. The number of unbranched alkanes of at least 4 members (excludes halogenated alkanes) is 1. The van der Waals surface area contributed by atoms with Crippen LogP contribution >= 0.6 is 11.3 Å². The largest absolute Gasteiger partial charge is 0.494 e. The summed E-state index contributed by atoms with van der Waals surface area (Å²) < 4.78 is 6.95. The Morgan fingerprint density at radius 1 is 1.11 bits per heavy atom. The Morgan fingerprint density at radius 2 is 1.93 bits per heavy atom. The number of thiazole rings is 1. The molecule has 146 valence electrons. The number of hydrogen-bond donors (Lipinski definition) is 0. The van der Waals surface area contributed by atoms with Gasteiger partial charge in [-0.25, -0.2) is 4.98 Å². The molecule has 0 unspecified atom stereocenters. The van der Waals surface area contributed by atoms with E-state index >= 15 is 0 Å². The van der Waals surface area contributed by atoms with Crippen molar-refractivity contribution in [3.05, 3.63) is 54.1 Å². The Balaban J connectivity index is 1.38. The SMILES string of the molecule is CCCCOc1cccc(C(=O)N2CCN(c3nc4ccccc4s3)CC2)c1. The second kappa shape index (κ2) is 8.61. The zero-order valence-electron chi connectivity index (χ0n) is 16.1. The van der Waals surface area contributed by atoms with Crippen LogP contribution in [0.5, 0.6) is 5.75 Å². The summed E-state index contributed by atoms with van der Waals surface area (Å²) in [4.78, 5) is 21.8. The van der Waals surface area contributed by atoms with Gasteiger partial charge in [0.1, 0.15) is 5.75 Å². The zero-order chi connectivity index (χ0) is 19.3. The Bertz CT molecular complexity index is 915. The van der Waals surface area contributed by atoms with Crippen molar-refractivity contribution in [3.63, 3.8) is 0 Å². The average molecular weight is 396 g/mol. The quantitative estimate of drug-likeness (QED) is 0.579. The van der Waals surface area contributed by atoms with Crippen LogP contribution in [0.2, 0.25) is 0 Å². The zero-order valence-corrected chi connectivity index (χ0v) is 17.0. The van der Waals surface area contributed by atoms with Gasteiger partial charge in [0, 0.05) is 31.7 Å². The number of benzene rings is 2. The van der Waals surface area contributed by atoms with Crippen LogP contribution in [0, 0.1) is 0 Å². The summed E-state index contributed by atoms with van der Waals surface area (Å²) in [5, 5.41) is 1.04. The second-order valence-corrected chi connectivity index (χ2v) is 7.98. The van der Waals surface area contributed by atoms with Crippen LogP contribution in [-0.2, 0) is 0 Å². The fraction of sp³-hybridized carbons (Fsp3) is 0.364. The van der Waals surface area contributed by atoms with Gasteiger partial charge in [-0.2, -0.15) is 0 Å². The molecule has 0 bridgehead atoms. The minimum absolute atomic E-state index is 0.0740. The van der Waals surface area contributed by atoms with E-state index in [0.29, 0.717) is 25.3 Å². The number of piperazine rings is 1. The molecule has 3 aromatic rings. The molecule has 0 saturated carbocycles. The Hall–Kier alpha value is -2.60. The molecule has 1 fully saturated rings. The van der Waals surface area contributed by atoms with Crippen LogP contribution in [0.3, 0.4) is 0 Å². The van der Waals surface area contributed by atoms with Crippen LogP contribution in [0.25, 0.3) is 10.2 Å². The fourth-order valence-electron chi connectivity index (χ4n) is 3.33. The standard InChI is InChI=1S/C22H25N3O2S/c1-2-3-15-27-18-8-6-7-17(16-18)21(26)24-11-13-25(14-12-24)22-23-19-9-4-5-10-20(19)28-22/h4-10,16H,2-3,11-15H2,1H3. The van der Waals surface area contributed by atoms with E-state index in [1.54, 1.807) is 11.3 Å². The van der Waals surface area contributed by atoms with Crippen molar-refractivity contribution in [2.24, 2.45) is 0 Å². The summed E-state index contributed by atoms with van der Waals surface area (Å²) in [6.07, 6.45) is 2.11. The van der Waals surface area contributed by atoms with Crippen molar-refractivity contribution in [3.8, 4) is 5.75 Å². The molecule has 1 saturated heterocycles. The first-order chi connectivity index (χ1) is 13.7. The first-order valence-electron chi connectivity index (χ1n) is 9.87. The number of para-hydroxylation sites is 1. The van der Waals surface area contributed by atoms with Crippen LogP contribution in [0.4, 0.5) is 5.13 Å². The third-order valence-corrected chi connectivity index (χ3v) is 6.06. The van der Waals surface area contributed by atoms with Crippen molar-refractivity contribution in [1.29, 1.82) is 0 Å². The van der Waals surface area contributed by atoms with Crippen LogP contribution in [0.1, 0.15) is 30.1 Å². The van der Waals surface area contributed by atoms with E-state index in [1.165, 1.54) is 4.70 Å². The average Bonchev–Trinajstić information content (AvgIpc) is 3.18. The maximum absolute atomic E-state index is 12.9. The molecule has 5 nitrogen and oxygen atoms in total. The Labute approximate surface area is 169 Å². The molecule has 0 N–H and O–H groups in total. The number of hydrogen-bond acceptors (Lipinski definition) is 5. The predicted octanol–water partition coefficient (Wildman–Crippen LogP) is 4.44. The first-order valence-corrected chi connectivity index (χ1v) is 10.7. The van der Waals surface area contributed by atoms with Gasteiger partial charge < -0.3 is 14.5 Å². The molecule has 1 amide bonds. The molecule has 0 aliphatic carbocycles. The monoisotopic (exact) mass is 395 g/mol. The molecule has 0 radical (unpaired) electrons. The summed E-state index contributed by atoms with van der Waals surface area (Å²) in [6.45, 7) is 5.84. The van der Waals surface area contributed by atoms with E-state index in [4.69, 9.17) is 9.72 Å². The molecule has 1 aliphatic rings. The van der Waals surface area contributed by atoms with E-state index in [2.05, 4.69) is 17.9 Å². The summed E-state index contributed by atoms with van der Waals surface area (Å²) >= 11 is 1.72. The minimum Gasteiger partial charge on any atom is -0.494 e. The van der Waals surface area contributed by atoms with Crippen LogP contribution in [-0.4, -0.2) is 48.6 Å². The number of nitrogens with zero attached hydrogens (tertiary/aromatic N) is 3. The maximum atomic E-state index is 12.9. The van der Waals surface area contributed by atoms with E-state index in [9.17, 15) is 4.79 Å². The number of anilines is 1. The smallest absolute Gasteiger partial charge is 0.254 e. The summed E-state index contributed by atoms with van der Waals surface area (Å²) in [6, 6.07) is 15.7. The number of carbonyl (C=O) groups is 1. The van der Waals surface area contributed by atoms with Gasteiger partial charge in [-0.15, -0.1) is 0 Å². The van der Waals surface area contributed by atoms with Crippen LogP contribution < -0.4 is 9.64 Å². The molecule has 6 heteroatoms. The minimum atomic E-state index is 0.0740. The van der Waals surface area contributed by atoms with Crippen molar-refractivity contribution >= 4 is 32.6 Å². The van der Waals surface area contributed by atoms with Gasteiger partial charge in [0.05, 0.1) is 16.8 Å². The predicted molar refractivity (Wildman–Crippen MR) is 115 cm³/mol. The van der Waals surface area contributed by atoms with Gasteiger partial charge in [-0.3, -0.25) is 4.79 Å². The lowest BCUT2D eigenvalue weighted by Gasteiger charge is -2.34. The third-order valence-electron chi connectivity index (χ3n) is 4.97. The highest BCUT2D eigenvalue weighted by Gasteiger charge is 2.24. The fourth-order valence-corrected chi connectivity index (χ4v) is 4.35. The molecule has 2 aromatic carbocycles. The lowest BCUT2D eigenvalue weighted by molar-refractivity contribution is 0.0746. The van der Waals surface area contributed by atoms with Crippen molar-refractivity contribution in [2.45, 2.75) is 19.8 Å². The molecule has 4 rings (SSSR count). The van der Waals surface area contributed by atoms with Crippen molar-refractivity contribution in [2.75, 3.05) is 37.7 Å². The summed E-state index contributed by atoms with van der Waals surface area (Å²) in [5.74, 6) is 0.845. The van der Waals surface area contributed by atoms with Crippen molar-refractivity contribution < 1.29 is 9.53 Å². The van der Waals surface area contributed by atoms with E-state index in [0.717, 1.165) is 42.3 Å². The number of ether oxygens (including phenoxy) is 1. The van der Waals surface area contributed by atoms with E-state index in [-0.39, 0.29) is 5.91 Å². The number of aromatic nitrogens is 1. The van der Waals surface area contributed by atoms with Gasteiger partial charge in [0.15, 0.2) is 5.13 Å². The van der Waals surface area contributed by atoms with E-state index in [1.807, 2.05) is 47.4 Å². The molecular weight excluding hydrogens is 370 g/mol. The van der Waals surface area contributed by atoms with Crippen LogP contribution in [0.15, 0.2) is 48.5 Å². The molecule has 2 heterocycles. The lowest BCUT2D eigenvalue weighted by atomic mass is 10.1. The van der Waals surface area contributed by atoms with Gasteiger partial charge >= 0.3 is 0 Å². The normalized spacial score (nSPS) is 14.5. The molecular formula is C22H25N3O2S. The number of rotatable bonds is 6. The maximum Gasteiger partial charge on any atom is 0.254 e. The van der Waals surface area contributed by atoms with E-state index < -0.39 is 0 Å². The summed E-state index contributed by atoms with van der Waals surface area (Å²) in [5.41, 5.74) is 1.74. The molecule has 0 spiro atoms. The van der Waals surface area contributed by atoms with Gasteiger partial charge in [0.25, 0.3) is 5.91 Å². The number of amides is 1. The first kappa shape index (κ1) is 18.7. The van der Waals surface area contributed by atoms with Gasteiger partial charge in [-0.1, -0.05) is 42.9 Å². The van der Waals surface area contributed by atoms with Gasteiger partial charge in [0.2, 0.25) is 0 Å². The molecule has 0 atom stereocenters. The Morgan fingerprint density at radius 3 is 2.71 bits per heavy atom. The second-order valence-electron chi connectivity index (χ2n) is 6.97. The number of fused-ring (bicyclic) bond motifs is 1. The Kier molecular flexibility index (Phi) is 5.76. The molecule has 28 heavy (non-hydrogen) atoms. The topological polar surface area (TPSA) is 45.7 Å². The van der Waals surface area contributed by atoms with Crippen molar-refractivity contribution in [1.82, 2.24) is 9.88 Å². The highest BCUT2D eigenvalue weighted by atomic mass is 32.1. The highest BCUT2D eigenvalue weighted by Crippen LogP contribution is 2.29. The molecule has 1 aromatic heterocycles. The third kappa shape index (κ3) is 4.12. The summed E-state index contributed by atoms with van der Waals surface area (Å²) in [7, 11) is 0. The van der Waals surface area contributed by atoms with Gasteiger partial charge in [-0.05, 0) is 36.8 Å².